The lowest BCUT2D eigenvalue weighted by Gasteiger charge is -2.11. The molecule has 0 spiro atoms. The smallest absolute Gasteiger partial charge is 0.325 e. The monoisotopic (exact) mass is 390 g/mol. The number of alkyl halides is 3. The number of anilines is 1. The molecule has 0 fully saturated rings. The predicted octanol–water partition coefficient (Wildman–Crippen LogP) is 3.07. The number of rotatable bonds is 5. The van der Waals surface area contributed by atoms with Crippen LogP contribution < -0.4 is 10.0 Å². The van der Waals surface area contributed by atoms with E-state index >= 15 is 0 Å². The van der Waals surface area contributed by atoms with Crippen LogP contribution in [0.2, 0.25) is 0 Å². The first kappa shape index (κ1) is 19.9. The molecule has 0 heterocycles. The number of benzene rings is 2. The lowest BCUT2D eigenvalue weighted by molar-refractivity contribution is -0.137. The Labute approximate surface area is 147 Å². The van der Waals surface area contributed by atoms with Crippen molar-refractivity contribution in [1.29, 1.82) is 0 Å². The summed E-state index contributed by atoms with van der Waals surface area (Å²) in [7, 11) is -4.08. The van der Waals surface area contributed by atoms with Crippen LogP contribution >= 0.6 is 0 Å². The van der Waals surface area contributed by atoms with Crippen molar-refractivity contribution in [3.05, 3.63) is 59.4 Å². The lowest BCUT2D eigenvalue weighted by Crippen LogP contribution is -2.33. The van der Waals surface area contributed by atoms with Crippen molar-refractivity contribution in [2.45, 2.75) is 18.0 Å². The van der Waals surface area contributed by atoms with Crippen LogP contribution in [-0.4, -0.2) is 20.9 Å². The molecule has 0 aliphatic carbocycles. The van der Waals surface area contributed by atoms with Crippen LogP contribution in [-0.2, 0) is 21.0 Å². The molecular weight excluding hydrogens is 376 g/mol. The first-order valence-electron chi connectivity index (χ1n) is 7.22. The normalized spacial score (nSPS) is 12.0. The van der Waals surface area contributed by atoms with Gasteiger partial charge < -0.3 is 5.32 Å². The molecule has 0 saturated heterocycles. The molecule has 2 aromatic carbocycles. The third-order valence-corrected chi connectivity index (χ3v) is 4.74. The van der Waals surface area contributed by atoms with Gasteiger partial charge in [0.2, 0.25) is 15.9 Å². The highest BCUT2D eigenvalue weighted by Gasteiger charge is 2.30. The van der Waals surface area contributed by atoms with Gasteiger partial charge in [-0.3, -0.25) is 4.79 Å². The number of nitrogens with one attached hydrogen (secondary N) is 2. The van der Waals surface area contributed by atoms with E-state index in [4.69, 9.17) is 0 Å². The predicted molar refractivity (Wildman–Crippen MR) is 86.4 cm³/mol. The standard InChI is InChI=1S/C16H14F4N2O3S/c1-10-7-13(5-6-14(10)17)26(24,25)21-9-15(23)22-12-4-2-3-11(8-12)16(18,19)20/h2-8,21H,9H2,1H3,(H,22,23). The van der Waals surface area contributed by atoms with E-state index in [2.05, 4.69) is 5.32 Å². The van der Waals surface area contributed by atoms with Gasteiger partial charge in [-0.1, -0.05) is 6.07 Å². The van der Waals surface area contributed by atoms with E-state index in [9.17, 15) is 30.8 Å². The fourth-order valence-electron chi connectivity index (χ4n) is 2.01. The molecule has 5 nitrogen and oxygen atoms in total. The largest absolute Gasteiger partial charge is 0.416 e. The van der Waals surface area contributed by atoms with Gasteiger partial charge in [-0.25, -0.2) is 17.5 Å². The highest BCUT2D eigenvalue weighted by atomic mass is 32.2. The van der Waals surface area contributed by atoms with Crippen molar-refractivity contribution in [1.82, 2.24) is 4.72 Å². The van der Waals surface area contributed by atoms with Crippen LogP contribution in [0.25, 0.3) is 0 Å². The zero-order valence-corrected chi connectivity index (χ0v) is 14.2. The third kappa shape index (κ3) is 5.02. The fourth-order valence-corrected chi connectivity index (χ4v) is 3.07. The first-order valence-corrected chi connectivity index (χ1v) is 8.70. The molecule has 0 aliphatic heterocycles. The Morgan fingerprint density at radius 2 is 1.81 bits per heavy atom. The average molecular weight is 390 g/mol. The van der Waals surface area contributed by atoms with Crippen LogP contribution in [0.5, 0.6) is 0 Å². The molecule has 26 heavy (non-hydrogen) atoms. The number of carbonyl (C=O) groups excluding carboxylic acids is 1. The van der Waals surface area contributed by atoms with Gasteiger partial charge in [0.25, 0.3) is 0 Å². The van der Waals surface area contributed by atoms with Crippen molar-refractivity contribution < 1.29 is 30.8 Å². The molecule has 0 aliphatic rings. The van der Waals surface area contributed by atoms with Crippen molar-refractivity contribution in [2.24, 2.45) is 0 Å². The molecule has 0 atom stereocenters. The van der Waals surface area contributed by atoms with Crippen LogP contribution in [0.4, 0.5) is 23.2 Å². The minimum absolute atomic E-state index is 0.112. The Kier molecular flexibility index (Phi) is 5.67. The van der Waals surface area contributed by atoms with E-state index < -0.39 is 40.0 Å². The molecule has 0 aromatic heterocycles. The number of carbonyl (C=O) groups is 1. The van der Waals surface area contributed by atoms with Crippen molar-refractivity contribution in [2.75, 3.05) is 11.9 Å². The van der Waals surface area contributed by atoms with Gasteiger partial charge in [-0.15, -0.1) is 0 Å². The van der Waals surface area contributed by atoms with E-state index in [1.54, 1.807) is 0 Å². The maximum atomic E-state index is 13.2. The summed E-state index contributed by atoms with van der Waals surface area (Å²) in [5.41, 5.74) is -0.958. The quantitative estimate of drug-likeness (QED) is 0.771. The second kappa shape index (κ2) is 7.42. The highest BCUT2D eigenvalue weighted by Crippen LogP contribution is 2.30. The molecule has 2 N–H and O–H groups in total. The van der Waals surface area contributed by atoms with E-state index in [0.29, 0.717) is 0 Å². The molecule has 0 unspecified atom stereocenters. The third-order valence-electron chi connectivity index (χ3n) is 3.34. The minimum atomic E-state index is -4.57. The minimum Gasteiger partial charge on any atom is -0.325 e. The molecule has 0 radical (unpaired) electrons. The highest BCUT2D eigenvalue weighted by molar-refractivity contribution is 7.89. The van der Waals surface area contributed by atoms with Gasteiger partial charge >= 0.3 is 6.18 Å². The summed E-state index contributed by atoms with van der Waals surface area (Å²) in [5.74, 6) is -1.43. The van der Waals surface area contributed by atoms with E-state index in [-0.39, 0.29) is 16.1 Å². The summed E-state index contributed by atoms with van der Waals surface area (Å²) < 4.78 is 77.2. The molecular formula is C16H14F4N2O3S. The van der Waals surface area contributed by atoms with E-state index in [1.165, 1.54) is 13.0 Å². The number of amides is 1. The molecule has 0 bridgehead atoms. The second-order valence-electron chi connectivity index (χ2n) is 5.36. The van der Waals surface area contributed by atoms with E-state index in [0.717, 1.165) is 36.4 Å². The molecule has 1 amide bonds. The zero-order valence-electron chi connectivity index (χ0n) is 13.4. The summed E-state index contributed by atoms with van der Waals surface area (Å²) in [6.07, 6.45) is -4.57. The van der Waals surface area contributed by atoms with Gasteiger partial charge in [0.05, 0.1) is 17.0 Å². The average Bonchev–Trinajstić information content (AvgIpc) is 2.55. The Bertz CT molecular complexity index is 927. The van der Waals surface area contributed by atoms with Crippen molar-refractivity contribution in [3.8, 4) is 0 Å². The Morgan fingerprint density at radius 3 is 2.42 bits per heavy atom. The molecule has 2 aromatic rings. The molecule has 140 valence electrons. The second-order valence-corrected chi connectivity index (χ2v) is 7.13. The Hall–Kier alpha value is -2.46. The van der Waals surface area contributed by atoms with Gasteiger partial charge in [0, 0.05) is 5.69 Å². The number of sulfonamides is 1. The first-order chi connectivity index (χ1) is 12.0. The van der Waals surface area contributed by atoms with Crippen molar-refractivity contribution >= 4 is 21.6 Å². The maximum absolute atomic E-state index is 13.2. The Morgan fingerprint density at radius 1 is 1.12 bits per heavy atom. The number of hydrogen-bond acceptors (Lipinski definition) is 3. The number of hydrogen-bond donors (Lipinski definition) is 2. The molecule has 0 saturated carbocycles. The van der Waals surface area contributed by atoms with Gasteiger partial charge in [-0.2, -0.15) is 13.2 Å². The van der Waals surface area contributed by atoms with Gasteiger partial charge in [0.1, 0.15) is 5.82 Å². The number of aryl methyl sites for hydroxylation is 1. The maximum Gasteiger partial charge on any atom is 0.416 e. The molecule has 10 heteroatoms. The SMILES string of the molecule is Cc1cc(S(=O)(=O)NCC(=O)Nc2cccc(C(F)(F)F)c2)ccc1F. The summed E-state index contributed by atoms with van der Waals surface area (Å²) >= 11 is 0. The number of halogens is 4. The van der Waals surface area contributed by atoms with Crippen LogP contribution in [0.1, 0.15) is 11.1 Å². The lowest BCUT2D eigenvalue weighted by atomic mass is 10.2. The van der Waals surface area contributed by atoms with Gasteiger partial charge in [-0.05, 0) is 48.9 Å². The summed E-state index contributed by atoms with van der Waals surface area (Å²) in [6.45, 7) is 0.684. The van der Waals surface area contributed by atoms with Crippen LogP contribution in [0.15, 0.2) is 47.4 Å². The van der Waals surface area contributed by atoms with Crippen LogP contribution in [0.3, 0.4) is 0 Å². The fraction of sp³-hybridized carbons (Fsp3) is 0.188. The molecule has 2 rings (SSSR count). The van der Waals surface area contributed by atoms with Gasteiger partial charge in [0.15, 0.2) is 0 Å². The van der Waals surface area contributed by atoms with Crippen molar-refractivity contribution in [3.63, 3.8) is 0 Å². The van der Waals surface area contributed by atoms with E-state index in [1.807, 2.05) is 4.72 Å². The zero-order chi connectivity index (χ0) is 19.5. The Balaban J connectivity index is 2.03. The summed E-state index contributed by atoms with van der Waals surface area (Å²) in [6, 6.07) is 7.05. The topological polar surface area (TPSA) is 75.3 Å². The van der Waals surface area contributed by atoms with Crippen LogP contribution in [0, 0.1) is 12.7 Å². The summed E-state index contributed by atoms with van der Waals surface area (Å²) in [5, 5.41) is 2.17. The summed E-state index contributed by atoms with van der Waals surface area (Å²) in [4.78, 5) is 11.6.